The van der Waals surface area contributed by atoms with Crippen LogP contribution < -0.4 is 5.32 Å². The summed E-state index contributed by atoms with van der Waals surface area (Å²) in [4.78, 5) is 21.7. The lowest BCUT2D eigenvalue weighted by Gasteiger charge is -2.05. The van der Waals surface area contributed by atoms with Crippen LogP contribution >= 0.6 is 0 Å². The Labute approximate surface area is 81.6 Å². The maximum atomic E-state index is 11.4. The fourth-order valence-electron chi connectivity index (χ4n) is 1.15. The first-order valence-electron chi connectivity index (χ1n) is 4.23. The summed E-state index contributed by atoms with van der Waals surface area (Å²) in [7, 11) is 0. The Morgan fingerprint density at radius 3 is 2.79 bits per heavy atom. The van der Waals surface area contributed by atoms with E-state index in [9.17, 15) is 9.59 Å². The molecular formula is C10H11NO3. The molecule has 0 saturated heterocycles. The van der Waals surface area contributed by atoms with E-state index in [0.29, 0.717) is 17.7 Å². The van der Waals surface area contributed by atoms with Crippen LogP contribution in [0.15, 0.2) is 24.3 Å². The van der Waals surface area contributed by atoms with E-state index in [4.69, 9.17) is 5.11 Å². The van der Waals surface area contributed by atoms with Crippen molar-refractivity contribution < 1.29 is 14.7 Å². The van der Waals surface area contributed by atoms with Gasteiger partial charge in [0.25, 0.3) is 0 Å². The maximum Gasteiger partial charge on any atom is 0.211 e. The van der Waals surface area contributed by atoms with Crippen molar-refractivity contribution in [3.63, 3.8) is 0 Å². The van der Waals surface area contributed by atoms with Crippen molar-refractivity contribution in [2.45, 2.75) is 6.42 Å². The van der Waals surface area contributed by atoms with Crippen LogP contribution in [0.2, 0.25) is 0 Å². The molecule has 0 spiro atoms. The first kappa shape index (κ1) is 10.4. The maximum absolute atomic E-state index is 11.4. The Morgan fingerprint density at radius 2 is 2.14 bits per heavy atom. The zero-order valence-electron chi connectivity index (χ0n) is 7.56. The lowest BCUT2D eigenvalue weighted by atomic mass is 10.1. The molecule has 2 N–H and O–H groups in total. The molecule has 1 amide bonds. The van der Waals surface area contributed by atoms with Crippen LogP contribution in [0.5, 0.6) is 0 Å². The van der Waals surface area contributed by atoms with Crippen molar-refractivity contribution in [1.82, 2.24) is 0 Å². The van der Waals surface area contributed by atoms with Gasteiger partial charge in [-0.15, -0.1) is 0 Å². The second-order valence-electron chi connectivity index (χ2n) is 2.70. The number of aliphatic hydroxyl groups is 1. The molecule has 0 atom stereocenters. The highest BCUT2D eigenvalue weighted by molar-refractivity contribution is 6.02. The molecule has 0 aromatic heterocycles. The lowest BCUT2D eigenvalue weighted by molar-refractivity contribution is -0.105. The third kappa shape index (κ3) is 2.40. The number of ketones is 1. The fraction of sp³-hybridized carbons (Fsp3) is 0.200. The van der Waals surface area contributed by atoms with Gasteiger partial charge in [0.05, 0.1) is 12.3 Å². The minimum absolute atomic E-state index is 0.0670. The average Bonchev–Trinajstić information content (AvgIpc) is 2.19. The van der Waals surface area contributed by atoms with Gasteiger partial charge in [0.1, 0.15) is 0 Å². The standard InChI is InChI=1S/C10H11NO3/c12-6-5-10(14)8-3-1-2-4-9(8)11-7-13/h1-4,7,12H,5-6H2,(H,11,13). The van der Waals surface area contributed by atoms with Crippen LogP contribution in [0.1, 0.15) is 16.8 Å². The summed E-state index contributed by atoms with van der Waals surface area (Å²) >= 11 is 0. The molecule has 4 heteroatoms. The molecule has 1 aromatic rings. The van der Waals surface area contributed by atoms with Gasteiger partial charge >= 0.3 is 0 Å². The minimum Gasteiger partial charge on any atom is -0.396 e. The van der Waals surface area contributed by atoms with E-state index in [1.54, 1.807) is 24.3 Å². The molecule has 14 heavy (non-hydrogen) atoms. The zero-order chi connectivity index (χ0) is 10.4. The van der Waals surface area contributed by atoms with Gasteiger partial charge in [0.15, 0.2) is 5.78 Å². The SMILES string of the molecule is O=CNc1ccccc1C(=O)CCO. The van der Waals surface area contributed by atoms with E-state index < -0.39 is 0 Å². The van der Waals surface area contributed by atoms with Gasteiger partial charge in [-0.05, 0) is 12.1 Å². The number of carbonyl (C=O) groups is 2. The second kappa shape index (κ2) is 5.14. The highest BCUT2D eigenvalue weighted by Crippen LogP contribution is 2.15. The normalized spacial score (nSPS) is 9.50. The van der Waals surface area contributed by atoms with E-state index in [-0.39, 0.29) is 18.8 Å². The summed E-state index contributed by atoms with van der Waals surface area (Å²) in [6.45, 7) is -0.186. The highest BCUT2D eigenvalue weighted by atomic mass is 16.3. The minimum atomic E-state index is -0.186. The summed E-state index contributed by atoms with van der Waals surface area (Å²) in [5.41, 5.74) is 0.898. The molecule has 0 unspecified atom stereocenters. The summed E-state index contributed by atoms with van der Waals surface area (Å²) in [6, 6.07) is 6.69. The molecule has 1 aromatic carbocycles. The molecule has 0 saturated carbocycles. The van der Waals surface area contributed by atoms with Crippen LogP contribution in [0.4, 0.5) is 5.69 Å². The largest absolute Gasteiger partial charge is 0.396 e. The van der Waals surface area contributed by atoms with E-state index in [2.05, 4.69) is 5.32 Å². The average molecular weight is 193 g/mol. The number of Topliss-reactive ketones (excluding diaryl/α,β-unsaturated/α-hetero) is 1. The van der Waals surface area contributed by atoms with Crippen LogP contribution in [-0.2, 0) is 4.79 Å². The van der Waals surface area contributed by atoms with Crippen molar-refractivity contribution >= 4 is 17.9 Å². The van der Waals surface area contributed by atoms with Crippen LogP contribution in [0.25, 0.3) is 0 Å². The van der Waals surface area contributed by atoms with Gasteiger partial charge in [-0.2, -0.15) is 0 Å². The van der Waals surface area contributed by atoms with Gasteiger partial charge in [-0.1, -0.05) is 12.1 Å². The van der Waals surface area contributed by atoms with Gasteiger partial charge in [0.2, 0.25) is 6.41 Å². The van der Waals surface area contributed by atoms with E-state index in [1.165, 1.54) is 0 Å². The van der Waals surface area contributed by atoms with Crippen LogP contribution in [0.3, 0.4) is 0 Å². The molecule has 0 aliphatic heterocycles. The Kier molecular flexibility index (Phi) is 3.82. The van der Waals surface area contributed by atoms with Crippen LogP contribution in [0, 0.1) is 0 Å². The number of rotatable bonds is 5. The smallest absolute Gasteiger partial charge is 0.211 e. The van der Waals surface area contributed by atoms with Crippen molar-refractivity contribution in [2.75, 3.05) is 11.9 Å². The number of amides is 1. The number of nitrogens with one attached hydrogen (secondary N) is 1. The monoisotopic (exact) mass is 193 g/mol. The highest BCUT2D eigenvalue weighted by Gasteiger charge is 2.09. The van der Waals surface area contributed by atoms with Gasteiger partial charge in [0, 0.05) is 12.0 Å². The van der Waals surface area contributed by atoms with Gasteiger partial charge in [-0.25, -0.2) is 0 Å². The zero-order valence-corrected chi connectivity index (χ0v) is 7.56. The molecule has 4 nitrogen and oxygen atoms in total. The molecule has 0 fully saturated rings. The predicted molar refractivity (Wildman–Crippen MR) is 52.2 cm³/mol. The number of carbonyl (C=O) groups excluding carboxylic acids is 2. The van der Waals surface area contributed by atoms with Gasteiger partial charge < -0.3 is 10.4 Å². The molecule has 0 bridgehead atoms. The molecule has 0 heterocycles. The topological polar surface area (TPSA) is 66.4 Å². The summed E-state index contributed by atoms with van der Waals surface area (Å²) < 4.78 is 0. The quantitative estimate of drug-likeness (QED) is 0.537. The predicted octanol–water partition coefficient (Wildman–Crippen LogP) is 0.820. The molecule has 0 radical (unpaired) electrons. The Morgan fingerprint density at radius 1 is 1.43 bits per heavy atom. The van der Waals surface area contributed by atoms with E-state index in [0.717, 1.165) is 0 Å². The number of para-hydroxylation sites is 1. The first-order valence-corrected chi connectivity index (χ1v) is 4.23. The Balaban J connectivity index is 2.93. The number of anilines is 1. The van der Waals surface area contributed by atoms with E-state index >= 15 is 0 Å². The second-order valence-corrected chi connectivity index (χ2v) is 2.70. The number of hydrogen-bond donors (Lipinski definition) is 2. The summed E-state index contributed by atoms with van der Waals surface area (Å²) in [5.74, 6) is -0.183. The Hall–Kier alpha value is -1.68. The molecule has 0 aliphatic carbocycles. The first-order chi connectivity index (χ1) is 6.79. The fourth-order valence-corrected chi connectivity index (χ4v) is 1.15. The number of benzene rings is 1. The van der Waals surface area contributed by atoms with E-state index in [1.807, 2.05) is 0 Å². The molecule has 1 rings (SSSR count). The van der Waals surface area contributed by atoms with Crippen LogP contribution in [-0.4, -0.2) is 23.9 Å². The van der Waals surface area contributed by atoms with Crippen molar-refractivity contribution in [1.29, 1.82) is 0 Å². The number of hydrogen-bond acceptors (Lipinski definition) is 3. The summed E-state index contributed by atoms with van der Waals surface area (Å²) in [6.07, 6.45) is 0.586. The molecule has 0 aliphatic rings. The molecule has 74 valence electrons. The van der Waals surface area contributed by atoms with Crippen molar-refractivity contribution in [2.24, 2.45) is 0 Å². The van der Waals surface area contributed by atoms with Crippen molar-refractivity contribution in [3.8, 4) is 0 Å². The molecular weight excluding hydrogens is 182 g/mol. The third-order valence-electron chi connectivity index (χ3n) is 1.78. The Bertz CT molecular complexity index is 336. The summed E-state index contributed by atoms with van der Waals surface area (Å²) in [5, 5.41) is 11.0. The van der Waals surface area contributed by atoms with Crippen molar-refractivity contribution in [3.05, 3.63) is 29.8 Å². The van der Waals surface area contributed by atoms with Gasteiger partial charge in [-0.3, -0.25) is 9.59 Å². The third-order valence-corrected chi connectivity index (χ3v) is 1.78. The lowest BCUT2D eigenvalue weighted by Crippen LogP contribution is -2.06. The number of aliphatic hydroxyl groups excluding tert-OH is 1.